The number of nitrogens with one attached hydrogen (secondary N) is 1. The van der Waals surface area contributed by atoms with Crippen LogP contribution in [0.25, 0.3) is 0 Å². The molecule has 1 aliphatic heterocycles. The van der Waals surface area contributed by atoms with Gasteiger partial charge in [0.15, 0.2) is 0 Å². The molecule has 0 aromatic heterocycles. The van der Waals surface area contributed by atoms with Crippen molar-refractivity contribution in [1.29, 1.82) is 0 Å². The molecule has 0 saturated carbocycles. The number of benzene rings is 1. The van der Waals surface area contributed by atoms with Crippen LogP contribution in [0.1, 0.15) is 52.0 Å². The predicted octanol–water partition coefficient (Wildman–Crippen LogP) is 3.66. The summed E-state index contributed by atoms with van der Waals surface area (Å²) in [6, 6.07) is 6.26. The molecule has 6 heteroatoms. The Bertz CT molecular complexity index is 563. The van der Waals surface area contributed by atoms with E-state index in [0.717, 1.165) is 24.8 Å². The van der Waals surface area contributed by atoms with E-state index < -0.39 is 11.8 Å². The van der Waals surface area contributed by atoms with E-state index >= 15 is 0 Å². The first kappa shape index (κ1) is 20.6. The van der Waals surface area contributed by atoms with E-state index in [2.05, 4.69) is 5.32 Å². The van der Waals surface area contributed by atoms with Crippen LogP contribution in [0.2, 0.25) is 0 Å². The van der Waals surface area contributed by atoms with Crippen molar-refractivity contribution in [2.75, 3.05) is 13.1 Å². The second-order valence-corrected chi connectivity index (χ2v) is 8.01. The molecule has 1 aromatic carbocycles. The van der Waals surface area contributed by atoms with Crippen LogP contribution < -0.4 is 5.32 Å². The van der Waals surface area contributed by atoms with Crippen LogP contribution in [-0.2, 0) is 11.3 Å². The lowest BCUT2D eigenvalue weighted by Crippen LogP contribution is -2.42. The third-order valence-electron chi connectivity index (χ3n) is 4.57. The molecule has 1 saturated heterocycles. The summed E-state index contributed by atoms with van der Waals surface area (Å²) in [5.41, 5.74) is 0.477. The molecule has 1 atom stereocenters. The molecule has 2 rings (SSSR count). The second-order valence-electron chi connectivity index (χ2n) is 8.01. The lowest BCUT2D eigenvalue weighted by Gasteiger charge is -2.33. The highest BCUT2D eigenvalue weighted by Crippen LogP contribution is 2.23. The maximum absolute atomic E-state index is 12.9. The number of carbonyl (C=O) groups excluding carboxylic acids is 1. The molecular formula is C20H31FN2O3. The number of hydrogen-bond donors (Lipinski definition) is 2. The molecule has 26 heavy (non-hydrogen) atoms. The van der Waals surface area contributed by atoms with E-state index in [4.69, 9.17) is 4.74 Å². The van der Waals surface area contributed by atoms with Crippen molar-refractivity contribution in [1.82, 2.24) is 10.2 Å². The number of halogens is 1. The highest BCUT2D eigenvalue weighted by atomic mass is 19.1. The van der Waals surface area contributed by atoms with Gasteiger partial charge in [0.1, 0.15) is 17.6 Å². The van der Waals surface area contributed by atoms with Crippen LogP contribution in [0.15, 0.2) is 24.3 Å². The van der Waals surface area contributed by atoms with Gasteiger partial charge in [-0.1, -0.05) is 12.1 Å². The molecule has 1 fully saturated rings. The van der Waals surface area contributed by atoms with Gasteiger partial charge in [-0.05, 0) is 70.1 Å². The van der Waals surface area contributed by atoms with E-state index in [0.29, 0.717) is 32.0 Å². The summed E-state index contributed by atoms with van der Waals surface area (Å²) in [6.07, 6.45) is 2.63. The van der Waals surface area contributed by atoms with Crippen LogP contribution >= 0.6 is 0 Å². The van der Waals surface area contributed by atoms with Gasteiger partial charge in [-0.3, -0.25) is 5.32 Å². The van der Waals surface area contributed by atoms with Gasteiger partial charge in [0.2, 0.25) is 0 Å². The molecule has 0 spiro atoms. The minimum Gasteiger partial charge on any atom is -0.444 e. The Morgan fingerprint density at radius 1 is 1.31 bits per heavy atom. The SMILES string of the molecule is CC(C)(C)OC(=O)N1CCC(CCC(O)NCc2ccc(F)cc2)CC1. The van der Waals surface area contributed by atoms with E-state index in [1.165, 1.54) is 12.1 Å². The average Bonchev–Trinajstić information content (AvgIpc) is 2.58. The molecule has 1 aromatic rings. The van der Waals surface area contributed by atoms with Gasteiger partial charge in [-0.25, -0.2) is 9.18 Å². The number of hydrogen-bond acceptors (Lipinski definition) is 4. The Hall–Kier alpha value is -1.66. The number of piperidine rings is 1. The van der Waals surface area contributed by atoms with Gasteiger partial charge < -0.3 is 14.7 Å². The van der Waals surface area contributed by atoms with Crippen molar-refractivity contribution >= 4 is 6.09 Å². The van der Waals surface area contributed by atoms with Crippen molar-refractivity contribution in [2.24, 2.45) is 5.92 Å². The zero-order valence-electron chi connectivity index (χ0n) is 16.0. The summed E-state index contributed by atoms with van der Waals surface area (Å²) in [5, 5.41) is 13.2. The monoisotopic (exact) mass is 366 g/mol. The van der Waals surface area contributed by atoms with E-state index in [-0.39, 0.29) is 11.9 Å². The number of likely N-dealkylation sites (tertiary alicyclic amines) is 1. The molecule has 1 amide bonds. The smallest absolute Gasteiger partial charge is 0.410 e. The van der Waals surface area contributed by atoms with Crippen LogP contribution in [0.3, 0.4) is 0 Å². The number of ether oxygens (including phenoxy) is 1. The summed E-state index contributed by atoms with van der Waals surface area (Å²) >= 11 is 0. The molecular weight excluding hydrogens is 335 g/mol. The normalized spacial score (nSPS) is 17.2. The Kier molecular flexibility index (Phi) is 7.41. The molecule has 1 aliphatic rings. The topological polar surface area (TPSA) is 61.8 Å². The minimum atomic E-state index is -0.580. The largest absolute Gasteiger partial charge is 0.444 e. The Balaban J connectivity index is 1.63. The summed E-state index contributed by atoms with van der Waals surface area (Å²) in [5.74, 6) is 0.253. The van der Waals surface area contributed by atoms with Crippen molar-refractivity contribution in [3.8, 4) is 0 Å². The Morgan fingerprint density at radius 3 is 2.50 bits per heavy atom. The number of amides is 1. The van der Waals surface area contributed by atoms with Crippen molar-refractivity contribution in [3.63, 3.8) is 0 Å². The average molecular weight is 366 g/mol. The molecule has 146 valence electrons. The molecule has 5 nitrogen and oxygen atoms in total. The zero-order valence-corrected chi connectivity index (χ0v) is 16.0. The highest BCUT2D eigenvalue weighted by Gasteiger charge is 2.26. The standard InChI is InChI=1S/C20H31FN2O3/c1-20(2,3)26-19(25)23-12-10-15(11-13-23)6-9-18(24)22-14-16-4-7-17(21)8-5-16/h4-5,7-8,15,18,22,24H,6,9-14H2,1-3H3. The molecule has 2 N–H and O–H groups in total. The third-order valence-corrected chi connectivity index (χ3v) is 4.57. The van der Waals surface area contributed by atoms with Gasteiger partial charge >= 0.3 is 6.09 Å². The quantitative estimate of drug-likeness (QED) is 0.754. The lowest BCUT2D eigenvalue weighted by atomic mass is 9.92. The lowest BCUT2D eigenvalue weighted by molar-refractivity contribution is 0.0172. The first-order chi connectivity index (χ1) is 12.2. The molecule has 1 unspecified atom stereocenters. The number of carbonyl (C=O) groups is 1. The molecule has 0 radical (unpaired) electrons. The first-order valence-corrected chi connectivity index (χ1v) is 9.37. The van der Waals surface area contributed by atoms with Gasteiger partial charge in [0.05, 0.1) is 0 Å². The first-order valence-electron chi connectivity index (χ1n) is 9.37. The number of aliphatic hydroxyl groups excluding tert-OH is 1. The Morgan fingerprint density at radius 2 is 1.92 bits per heavy atom. The van der Waals surface area contributed by atoms with Gasteiger partial charge in [-0.2, -0.15) is 0 Å². The zero-order chi connectivity index (χ0) is 19.2. The second kappa shape index (κ2) is 9.33. The number of aliphatic hydroxyl groups is 1. The van der Waals surface area contributed by atoms with Gasteiger partial charge in [0.25, 0.3) is 0 Å². The summed E-state index contributed by atoms with van der Waals surface area (Å²) in [4.78, 5) is 13.8. The molecule has 0 aliphatic carbocycles. The van der Waals surface area contributed by atoms with E-state index in [1.54, 1.807) is 17.0 Å². The van der Waals surface area contributed by atoms with Crippen LogP contribution in [-0.4, -0.2) is 41.0 Å². The number of nitrogens with zero attached hydrogens (tertiary/aromatic N) is 1. The summed E-state index contributed by atoms with van der Waals surface area (Å²) < 4.78 is 18.3. The van der Waals surface area contributed by atoms with Crippen molar-refractivity contribution in [3.05, 3.63) is 35.6 Å². The fraction of sp³-hybridized carbons (Fsp3) is 0.650. The maximum atomic E-state index is 12.9. The van der Waals surface area contributed by atoms with Gasteiger partial charge in [0, 0.05) is 19.6 Å². The summed E-state index contributed by atoms with van der Waals surface area (Å²) in [6.45, 7) is 7.55. The third kappa shape index (κ3) is 7.30. The molecule has 1 heterocycles. The fourth-order valence-corrected chi connectivity index (χ4v) is 3.06. The van der Waals surface area contributed by atoms with Crippen LogP contribution in [0, 0.1) is 11.7 Å². The Labute approximate surface area is 155 Å². The molecule has 0 bridgehead atoms. The van der Waals surface area contributed by atoms with E-state index in [9.17, 15) is 14.3 Å². The maximum Gasteiger partial charge on any atom is 0.410 e. The van der Waals surface area contributed by atoms with Crippen molar-refractivity contribution < 1.29 is 19.0 Å². The van der Waals surface area contributed by atoms with Crippen LogP contribution in [0.5, 0.6) is 0 Å². The van der Waals surface area contributed by atoms with Crippen LogP contribution in [0.4, 0.5) is 9.18 Å². The highest BCUT2D eigenvalue weighted by molar-refractivity contribution is 5.68. The summed E-state index contributed by atoms with van der Waals surface area (Å²) in [7, 11) is 0. The van der Waals surface area contributed by atoms with E-state index in [1.807, 2.05) is 20.8 Å². The number of rotatable bonds is 6. The predicted molar refractivity (Wildman–Crippen MR) is 99.0 cm³/mol. The fourth-order valence-electron chi connectivity index (χ4n) is 3.06. The van der Waals surface area contributed by atoms with Crippen molar-refractivity contribution in [2.45, 2.75) is 64.8 Å². The van der Waals surface area contributed by atoms with Gasteiger partial charge in [-0.15, -0.1) is 0 Å². The minimum absolute atomic E-state index is 0.239.